The average molecular weight is 630 g/mol. The Morgan fingerprint density at radius 3 is 1.00 bits per heavy atom. The van der Waals surface area contributed by atoms with Gasteiger partial charge >= 0.3 is 20.2 Å². The summed E-state index contributed by atoms with van der Waals surface area (Å²) in [5.41, 5.74) is 2.25. The van der Waals surface area contributed by atoms with Crippen molar-refractivity contribution in [1.82, 2.24) is 0 Å². The molecule has 0 aromatic heterocycles. The van der Waals surface area contributed by atoms with Gasteiger partial charge in [0.1, 0.15) is 0 Å². The van der Waals surface area contributed by atoms with E-state index in [1.165, 1.54) is 0 Å². The Bertz CT molecular complexity index is 1190. The smallest absolute Gasteiger partial charge is 0.462 e. The van der Waals surface area contributed by atoms with Gasteiger partial charge in [-0.25, -0.2) is 18.6 Å². The van der Waals surface area contributed by atoms with Crippen LogP contribution in [0.15, 0.2) is 24.3 Å². The molecule has 0 saturated heterocycles. The predicted molar refractivity (Wildman–Crippen MR) is 178 cm³/mol. The molecular weight excluding hydrogens is 575 g/mol. The molecule has 2 aromatic carbocycles. The van der Waals surface area contributed by atoms with E-state index in [0.29, 0.717) is 35.8 Å². The summed E-state index contributed by atoms with van der Waals surface area (Å²) in [7, 11) is -2.68. The SMILES string of the molecule is CCCOC(=O)c1c(C(C)(C)C)cc(O[P+](=O)Oc2cc(C(C)(C)C)c(C(=O)OCCC)c(C(C)(C)C)c2)cc1C(C)(C)C. The number of esters is 2. The molecule has 0 N–H and O–H groups in total. The zero-order valence-corrected chi connectivity index (χ0v) is 30.3. The zero-order chi connectivity index (χ0) is 33.8. The average Bonchev–Trinajstić information content (AvgIpc) is 2.87. The fourth-order valence-electron chi connectivity index (χ4n) is 4.87. The van der Waals surface area contributed by atoms with Crippen molar-refractivity contribution in [2.45, 2.75) is 131 Å². The van der Waals surface area contributed by atoms with Crippen molar-refractivity contribution < 1.29 is 32.7 Å². The number of benzene rings is 2. The van der Waals surface area contributed by atoms with Gasteiger partial charge in [0.25, 0.3) is 0 Å². The molecule has 0 heterocycles. The van der Waals surface area contributed by atoms with Crippen molar-refractivity contribution in [2.75, 3.05) is 13.2 Å². The number of hydrogen-bond donors (Lipinski definition) is 0. The highest BCUT2D eigenvalue weighted by Crippen LogP contribution is 2.43. The first-order valence-electron chi connectivity index (χ1n) is 15.6. The topological polar surface area (TPSA) is 88.1 Å². The summed E-state index contributed by atoms with van der Waals surface area (Å²) in [4.78, 5) is 26.6. The molecular formula is C36H54O7P+. The minimum atomic E-state index is -2.68. The van der Waals surface area contributed by atoms with Crippen molar-refractivity contribution in [2.24, 2.45) is 0 Å². The van der Waals surface area contributed by atoms with E-state index in [1.807, 2.05) is 96.9 Å². The van der Waals surface area contributed by atoms with Crippen LogP contribution in [0.1, 0.15) is 153 Å². The summed E-state index contributed by atoms with van der Waals surface area (Å²) in [6, 6.07) is 7.01. The second kappa shape index (κ2) is 14.0. The van der Waals surface area contributed by atoms with Gasteiger partial charge in [0.2, 0.25) is 0 Å². The van der Waals surface area contributed by atoms with Gasteiger partial charge in [-0.2, -0.15) is 0 Å². The van der Waals surface area contributed by atoms with E-state index in [0.717, 1.165) is 35.1 Å². The van der Waals surface area contributed by atoms with Gasteiger partial charge in [-0.05, 0) is 81.0 Å². The molecule has 44 heavy (non-hydrogen) atoms. The van der Waals surface area contributed by atoms with E-state index in [-0.39, 0.29) is 11.9 Å². The van der Waals surface area contributed by atoms with Gasteiger partial charge in [0, 0.05) is 4.57 Å². The zero-order valence-electron chi connectivity index (χ0n) is 29.4. The summed E-state index contributed by atoms with van der Waals surface area (Å²) >= 11 is 0. The second-order valence-electron chi connectivity index (χ2n) is 15.5. The molecule has 0 fully saturated rings. The molecule has 0 bridgehead atoms. The normalized spacial score (nSPS) is 12.5. The molecule has 8 heteroatoms. The largest absolute Gasteiger partial charge is 0.805 e. The molecule has 0 aliphatic carbocycles. The fraction of sp³-hybridized carbons (Fsp3) is 0.611. The van der Waals surface area contributed by atoms with Gasteiger partial charge in [-0.1, -0.05) is 96.9 Å². The lowest BCUT2D eigenvalue weighted by Gasteiger charge is -2.29. The van der Waals surface area contributed by atoms with E-state index in [1.54, 1.807) is 24.3 Å². The number of carbonyl (C=O) groups is 2. The van der Waals surface area contributed by atoms with Crippen molar-refractivity contribution in [3.05, 3.63) is 57.6 Å². The van der Waals surface area contributed by atoms with Gasteiger partial charge in [-0.3, -0.25) is 0 Å². The molecule has 0 radical (unpaired) electrons. The summed E-state index contributed by atoms with van der Waals surface area (Å²) in [6.07, 6.45) is 1.43. The molecule has 0 spiro atoms. The lowest BCUT2D eigenvalue weighted by atomic mass is 9.76. The minimum absolute atomic E-state index is 0.326. The molecule has 0 unspecified atom stereocenters. The van der Waals surface area contributed by atoms with Gasteiger partial charge in [0.05, 0.1) is 24.3 Å². The molecule has 0 saturated carbocycles. The van der Waals surface area contributed by atoms with Crippen LogP contribution in [-0.4, -0.2) is 25.2 Å². The Kier molecular flexibility index (Phi) is 11.9. The molecule has 244 valence electrons. The van der Waals surface area contributed by atoms with E-state index in [4.69, 9.17) is 18.5 Å². The second-order valence-corrected chi connectivity index (χ2v) is 16.3. The first kappa shape index (κ1) is 37.3. The third-order valence-corrected chi connectivity index (χ3v) is 7.82. The van der Waals surface area contributed by atoms with E-state index in [9.17, 15) is 14.2 Å². The Morgan fingerprint density at radius 1 is 0.545 bits per heavy atom. The van der Waals surface area contributed by atoms with Gasteiger partial charge < -0.3 is 9.47 Å². The van der Waals surface area contributed by atoms with Crippen LogP contribution in [-0.2, 0) is 35.7 Å². The highest BCUT2D eigenvalue weighted by atomic mass is 31.1. The van der Waals surface area contributed by atoms with Crippen molar-refractivity contribution >= 4 is 20.2 Å². The minimum Gasteiger partial charge on any atom is -0.462 e. The number of rotatable bonds is 10. The number of hydrogen-bond acceptors (Lipinski definition) is 7. The van der Waals surface area contributed by atoms with Crippen LogP contribution >= 0.6 is 8.25 Å². The van der Waals surface area contributed by atoms with Crippen LogP contribution in [0.4, 0.5) is 0 Å². The number of ether oxygens (including phenoxy) is 2. The van der Waals surface area contributed by atoms with Crippen LogP contribution in [0.2, 0.25) is 0 Å². The summed E-state index contributed by atoms with van der Waals surface area (Å²) < 4.78 is 36.5. The highest BCUT2D eigenvalue weighted by Gasteiger charge is 2.36. The first-order valence-corrected chi connectivity index (χ1v) is 16.7. The maximum absolute atomic E-state index is 13.5. The lowest BCUT2D eigenvalue weighted by molar-refractivity contribution is 0.0490. The first-order chi connectivity index (χ1) is 20.0. The van der Waals surface area contributed by atoms with Crippen LogP contribution in [0, 0.1) is 0 Å². The van der Waals surface area contributed by atoms with E-state index >= 15 is 0 Å². The highest BCUT2D eigenvalue weighted by molar-refractivity contribution is 7.34. The third kappa shape index (κ3) is 9.54. The molecule has 2 aromatic rings. The van der Waals surface area contributed by atoms with Crippen molar-refractivity contribution in [3.8, 4) is 11.5 Å². The van der Waals surface area contributed by atoms with E-state index in [2.05, 4.69) is 0 Å². The molecule has 2 rings (SSSR count). The summed E-state index contributed by atoms with van der Waals surface area (Å²) in [6.45, 7) is 28.7. The molecule has 0 aliphatic heterocycles. The van der Waals surface area contributed by atoms with Crippen molar-refractivity contribution in [1.29, 1.82) is 0 Å². The summed E-state index contributed by atoms with van der Waals surface area (Å²) in [5.74, 6) is -0.0913. The fourth-order valence-corrected chi connectivity index (χ4v) is 5.46. The van der Waals surface area contributed by atoms with Crippen LogP contribution in [0.5, 0.6) is 11.5 Å². The molecule has 0 atom stereocenters. The molecule has 0 aliphatic rings. The standard InChI is InChI=1S/C36H54O7P/c1-15-17-40-31(37)29-25(33(3,4)5)19-23(20-26(29)34(6,7)8)42-44(39)43-24-21-27(35(9,10)11)30(32(38)41-18-16-2)28(22-24)36(12,13)14/h19-22H,15-18H2,1-14H3/q+1. The maximum Gasteiger partial charge on any atom is 0.805 e. The Morgan fingerprint density at radius 2 is 0.795 bits per heavy atom. The Balaban J connectivity index is 2.64. The quantitative estimate of drug-likeness (QED) is 0.191. The third-order valence-electron chi connectivity index (χ3n) is 7.10. The maximum atomic E-state index is 13.5. The Labute approximate surface area is 266 Å². The van der Waals surface area contributed by atoms with Crippen LogP contribution in [0.25, 0.3) is 0 Å². The van der Waals surface area contributed by atoms with Gasteiger partial charge in [-0.15, -0.1) is 0 Å². The Hall–Kier alpha value is -2.92. The molecule has 0 amide bonds. The van der Waals surface area contributed by atoms with Crippen molar-refractivity contribution in [3.63, 3.8) is 0 Å². The number of carbonyl (C=O) groups excluding carboxylic acids is 2. The van der Waals surface area contributed by atoms with Crippen LogP contribution < -0.4 is 9.05 Å². The monoisotopic (exact) mass is 629 g/mol. The van der Waals surface area contributed by atoms with Crippen LogP contribution in [0.3, 0.4) is 0 Å². The molecule has 7 nitrogen and oxygen atoms in total. The van der Waals surface area contributed by atoms with Gasteiger partial charge in [0.15, 0.2) is 11.5 Å². The predicted octanol–water partition coefficient (Wildman–Crippen LogP) is 10.1. The lowest BCUT2D eigenvalue weighted by Crippen LogP contribution is -2.25. The summed E-state index contributed by atoms with van der Waals surface area (Å²) in [5, 5.41) is 0. The van der Waals surface area contributed by atoms with E-state index < -0.39 is 29.9 Å².